The summed E-state index contributed by atoms with van der Waals surface area (Å²) in [6, 6.07) is 6.31. The molecule has 0 saturated carbocycles. The fraction of sp³-hybridized carbons (Fsp3) is 0.556. The lowest BCUT2D eigenvalue weighted by Crippen LogP contribution is -2.38. The Morgan fingerprint density at radius 1 is 1.23 bits per heavy atom. The normalized spacial score (nSPS) is 11.0. The highest BCUT2D eigenvalue weighted by atomic mass is 127. The molecule has 0 aliphatic heterocycles. The van der Waals surface area contributed by atoms with Gasteiger partial charge >= 0.3 is 0 Å². The van der Waals surface area contributed by atoms with Gasteiger partial charge in [-0.3, -0.25) is 4.79 Å². The molecule has 0 heterocycles. The van der Waals surface area contributed by atoms with Crippen molar-refractivity contribution in [2.24, 2.45) is 10.9 Å². The van der Waals surface area contributed by atoms with Gasteiger partial charge in [-0.15, -0.1) is 24.0 Å². The maximum Gasteiger partial charge on any atom is 0.246 e. The molecule has 1 amide bonds. The molecule has 1 aromatic rings. The lowest BCUT2D eigenvalue weighted by Gasteiger charge is -2.12. The lowest BCUT2D eigenvalue weighted by molar-refractivity contribution is -0.114. The van der Waals surface area contributed by atoms with Crippen LogP contribution in [0.15, 0.2) is 29.3 Å². The van der Waals surface area contributed by atoms with Crippen LogP contribution < -0.4 is 16.0 Å². The van der Waals surface area contributed by atoms with Crippen LogP contribution in [0, 0.1) is 5.92 Å². The Morgan fingerprint density at radius 2 is 1.92 bits per heavy atom. The average Bonchev–Trinajstić information content (AvgIpc) is 2.57. The van der Waals surface area contributed by atoms with Gasteiger partial charge in [0.15, 0.2) is 5.96 Å². The molecule has 0 aliphatic rings. The van der Waals surface area contributed by atoms with Crippen molar-refractivity contribution in [2.45, 2.75) is 27.2 Å². The first-order chi connectivity index (χ1) is 12.0. The fourth-order valence-electron chi connectivity index (χ4n) is 1.94. The summed E-state index contributed by atoms with van der Waals surface area (Å²) in [5.41, 5.74) is 0.623. The van der Waals surface area contributed by atoms with E-state index in [-0.39, 0.29) is 42.2 Å². The number of amides is 1. The summed E-state index contributed by atoms with van der Waals surface area (Å²) in [7, 11) is 0. The molecule has 0 aromatic heterocycles. The summed E-state index contributed by atoms with van der Waals surface area (Å²) in [4.78, 5) is 16.2. The molecule has 1 aromatic carbocycles. The number of phenolic OH excluding ortho intramolecular Hbond substituents is 1. The number of aliphatic imine (C=N–C) groups is 1. The van der Waals surface area contributed by atoms with Crippen molar-refractivity contribution in [3.63, 3.8) is 0 Å². The Hall–Kier alpha value is -1.55. The van der Waals surface area contributed by atoms with Crippen LogP contribution in [0.4, 0.5) is 5.69 Å². The molecular formula is C18H31IN4O3. The summed E-state index contributed by atoms with van der Waals surface area (Å²) in [5, 5.41) is 18.2. The number of nitrogens with zero attached hydrogens (tertiary/aromatic N) is 1. The summed E-state index contributed by atoms with van der Waals surface area (Å²) in [6.45, 7) is 9.14. The predicted octanol–water partition coefficient (Wildman–Crippen LogP) is 2.57. The van der Waals surface area contributed by atoms with E-state index >= 15 is 0 Å². The smallest absolute Gasteiger partial charge is 0.246 e. The van der Waals surface area contributed by atoms with Gasteiger partial charge in [-0.1, -0.05) is 13.8 Å². The third-order valence-corrected chi connectivity index (χ3v) is 3.09. The van der Waals surface area contributed by atoms with Crippen LogP contribution >= 0.6 is 24.0 Å². The van der Waals surface area contributed by atoms with Crippen LogP contribution in [0.3, 0.4) is 0 Å². The van der Waals surface area contributed by atoms with Gasteiger partial charge in [0.2, 0.25) is 5.91 Å². The number of nitrogens with one attached hydrogen (secondary N) is 3. The summed E-state index contributed by atoms with van der Waals surface area (Å²) in [5.74, 6) is 1.08. The van der Waals surface area contributed by atoms with E-state index in [2.05, 4.69) is 34.8 Å². The Morgan fingerprint density at radius 3 is 2.54 bits per heavy atom. The van der Waals surface area contributed by atoms with Gasteiger partial charge in [-0.2, -0.15) is 0 Å². The van der Waals surface area contributed by atoms with Crippen molar-refractivity contribution in [1.82, 2.24) is 10.6 Å². The molecule has 8 heteroatoms. The number of carbonyl (C=O) groups excluding carboxylic acids is 1. The van der Waals surface area contributed by atoms with E-state index in [1.54, 1.807) is 12.1 Å². The molecule has 0 aliphatic carbocycles. The van der Waals surface area contributed by atoms with Crippen LogP contribution in [0.2, 0.25) is 0 Å². The van der Waals surface area contributed by atoms with Gasteiger partial charge in [-0.05, 0) is 43.5 Å². The second-order valence-electron chi connectivity index (χ2n) is 6.04. The Bertz CT molecular complexity index is 536. The molecule has 0 bridgehead atoms. The first kappa shape index (κ1) is 24.5. The number of hydrogen-bond donors (Lipinski definition) is 4. The molecule has 0 spiro atoms. The van der Waals surface area contributed by atoms with Crippen LogP contribution in [0.25, 0.3) is 0 Å². The standard InChI is InChI=1S/C18H30N4O3.HI/c1-4-19-18(20-10-5-11-25-13-14(2)3)21-12-17(24)22-15-6-8-16(23)9-7-15;/h6-9,14,23H,4-5,10-13H2,1-3H3,(H,22,24)(H2,19,20,21);1H. The summed E-state index contributed by atoms with van der Waals surface area (Å²) >= 11 is 0. The zero-order valence-corrected chi connectivity index (χ0v) is 18.1. The van der Waals surface area contributed by atoms with Gasteiger partial charge in [0, 0.05) is 32.0 Å². The molecule has 0 atom stereocenters. The predicted molar refractivity (Wildman–Crippen MR) is 116 cm³/mol. The van der Waals surface area contributed by atoms with Gasteiger partial charge in [0.05, 0.1) is 0 Å². The first-order valence-electron chi connectivity index (χ1n) is 8.70. The van der Waals surface area contributed by atoms with Crippen LogP contribution in [-0.2, 0) is 9.53 Å². The van der Waals surface area contributed by atoms with E-state index in [1.165, 1.54) is 12.1 Å². The van der Waals surface area contributed by atoms with Crippen LogP contribution in [-0.4, -0.2) is 49.8 Å². The number of ether oxygens (including phenoxy) is 1. The molecule has 7 nitrogen and oxygen atoms in total. The number of aromatic hydroxyl groups is 1. The van der Waals surface area contributed by atoms with Crippen molar-refractivity contribution in [2.75, 3.05) is 38.2 Å². The van der Waals surface area contributed by atoms with Crippen LogP contribution in [0.1, 0.15) is 27.2 Å². The van der Waals surface area contributed by atoms with Crippen molar-refractivity contribution in [1.29, 1.82) is 0 Å². The van der Waals surface area contributed by atoms with E-state index in [4.69, 9.17) is 4.74 Å². The summed E-state index contributed by atoms with van der Waals surface area (Å²) in [6.07, 6.45) is 0.872. The molecule has 4 N–H and O–H groups in total. The quantitative estimate of drug-likeness (QED) is 0.136. The van der Waals surface area contributed by atoms with E-state index in [1.807, 2.05) is 6.92 Å². The Balaban J connectivity index is 0.00000625. The minimum absolute atomic E-state index is 0. The van der Waals surface area contributed by atoms with Gasteiger partial charge in [0.25, 0.3) is 0 Å². The van der Waals surface area contributed by atoms with Gasteiger partial charge in [0.1, 0.15) is 12.3 Å². The minimum atomic E-state index is -0.219. The number of carbonyl (C=O) groups is 1. The molecule has 0 radical (unpaired) electrons. The molecule has 1 rings (SSSR count). The second-order valence-corrected chi connectivity index (χ2v) is 6.04. The number of rotatable bonds is 10. The molecule has 0 unspecified atom stereocenters. The van der Waals surface area contributed by atoms with Crippen molar-refractivity contribution < 1.29 is 14.6 Å². The largest absolute Gasteiger partial charge is 0.508 e. The zero-order valence-electron chi connectivity index (χ0n) is 15.7. The monoisotopic (exact) mass is 478 g/mol. The lowest BCUT2D eigenvalue weighted by atomic mass is 10.2. The highest BCUT2D eigenvalue weighted by Crippen LogP contribution is 2.13. The van der Waals surface area contributed by atoms with Gasteiger partial charge < -0.3 is 25.8 Å². The summed E-state index contributed by atoms with van der Waals surface area (Å²) < 4.78 is 5.53. The van der Waals surface area contributed by atoms with E-state index in [9.17, 15) is 9.90 Å². The number of guanidine groups is 1. The molecule has 0 saturated heterocycles. The number of hydrogen-bond acceptors (Lipinski definition) is 4. The highest BCUT2D eigenvalue weighted by molar-refractivity contribution is 14.0. The fourth-order valence-corrected chi connectivity index (χ4v) is 1.94. The zero-order chi connectivity index (χ0) is 18.5. The minimum Gasteiger partial charge on any atom is -0.508 e. The van der Waals surface area contributed by atoms with E-state index in [0.29, 0.717) is 24.2 Å². The van der Waals surface area contributed by atoms with E-state index < -0.39 is 0 Å². The molecule has 26 heavy (non-hydrogen) atoms. The number of halogens is 1. The van der Waals surface area contributed by atoms with Crippen molar-refractivity contribution >= 4 is 41.5 Å². The first-order valence-corrected chi connectivity index (χ1v) is 8.70. The number of anilines is 1. The molecule has 148 valence electrons. The highest BCUT2D eigenvalue weighted by Gasteiger charge is 2.03. The average molecular weight is 478 g/mol. The number of phenols is 1. The van der Waals surface area contributed by atoms with Gasteiger partial charge in [-0.25, -0.2) is 4.99 Å². The van der Waals surface area contributed by atoms with Crippen molar-refractivity contribution in [3.05, 3.63) is 24.3 Å². The molecular weight excluding hydrogens is 447 g/mol. The Kier molecular flexibility index (Phi) is 13.7. The van der Waals surface area contributed by atoms with E-state index in [0.717, 1.165) is 26.1 Å². The second kappa shape index (κ2) is 14.6. The SMILES string of the molecule is CCNC(=NCC(=O)Nc1ccc(O)cc1)NCCCOCC(C)C.I. The third-order valence-electron chi connectivity index (χ3n) is 3.09. The third kappa shape index (κ3) is 11.9. The Labute approximate surface area is 173 Å². The topological polar surface area (TPSA) is 95.0 Å². The molecule has 0 fully saturated rings. The number of benzene rings is 1. The maximum atomic E-state index is 11.9. The maximum absolute atomic E-state index is 11.9. The van der Waals surface area contributed by atoms with Crippen molar-refractivity contribution in [3.8, 4) is 5.75 Å². The van der Waals surface area contributed by atoms with Crippen LogP contribution in [0.5, 0.6) is 5.75 Å².